The topological polar surface area (TPSA) is 78.0 Å². The zero-order valence-corrected chi connectivity index (χ0v) is 23.9. The maximum atomic E-state index is 13.2. The van der Waals surface area contributed by atoms with E-state index in [-0.39, 0.29) is 11.9 Å². The van der Waals surface area contributed by atoms with Crippen molar-refractivity contribution in [1.82, 2.24) is 20.1 Å². The molecule has 3 amide bonds. The van der Waals surface area contributed by atoms with Gasteiger partial charge in [0.15, 0.2) is 0 Å². The van der Waals surface area contributed by atoms with Gasteiger partial charge in [0.05, 0.1) is 17.3 Å². The number of hydrogen-bond acceptors (Lipinski definition) is 6. The van der Waals surface area contributed by atoms with Crippen LogP contribution in [0.3, 0.4) is 0 Å². The number of piperidine rings is 1. The number of urea groups is 1. The van der Waals surface area contributed by atoms with Gasteiger partial charge in [-0.1, -0.05) is 23.8 Å². The zero-order chi connectivity index (χ0) is 27.0. The largest absolute Gasteiger partial charge is 0.492 e. The Bertz CT molecular complexity index is 1150. The van der Waals surface area contributed by atoms with Crippen molar-refractivity contribution >= 4 is 29.0 Å². The van der Waals surface area contributed by atoms with Crippen molar-refractivity contribution in [3.8, 4) is 5.75 Å². The number of likely N-dealkylation sites (tertiary alicyclic amines) is 1. The van der Waals surface area contributed by atoms with Crippen LogP contribution in [-0.4, -0.2) is 79.1 Å². The third-order valence-corrected chi connectivity index (χ3v) is 9.06. The number of thiazole rings is 1. The van der Waals surface area contributed by atoms with Gasteiger partial charge in [-0.2, -0.15) is 0 Å². The molecule has 2 aromatic rings. The van der Waals surface area contributed by atoms with Crippen LogP contribution in [0, 0.1) is 0 Å². The number of hydrogen-bond donors (Lipinski definition) is 1. The number of para-hydroxylation sites is 2. The van der Waals surface area contributed by atoms with Crippen molar-refractivity contribution in [2.45, 2.75) is 57.8 Å². The Morgan fingerprint density at radius 2 is 1.85 bits per heavy atom. The summed E-state index contributed by atoms with van der Waals surface area (Å²) in [5.41, 5.74) is 3.13. The minimum atomic E-state index is 0.0140. The van der Waals surface area contributed by atoms with Crippen LogP contribution in [0.2, 0.25) is 0 Å². The Morgan fingerprint density at radius 3 is 2.59 bits per heavy atom. The van der Waals surface area contributed by atoms with Gasteiger partial charge in [-0.15, -0.1) is 11.3 Å². The van der Waals surface area contributed by atoms with E-state index in [1.807, 2.05) is 40.3 Å². The van der Waals surface area contributed by atoms with Gasteiger partial charge in [-0.25, -0.2) is 9.78 Å². The summed E-state index contributed by atoms with van der Waals surface area (Å²) in [4.78, 5) is 36.8. The summed E-state index contributed by atoms with van der Waals surface area (Å²) in [6, 6.07) is 8.14. The molecule has 2 saturated heterocycles. The third kappa shape index (κ3) is 6.93. The molecule has 0 unspecified atom stereocenters. The van der Waals surface area contributed by atoms with E-state index in [2.05, 4.69) is 22.4 Å². The van der Waals surface area contributed by atoms with E-state index in [1.165, 1.54) is 31.3 Å². The summed E-state index contributed by atoms with van der Waals surface area (Å²) in [5.74, 6) is 1.21. The first-order valence-corrected chi connectivity index (χ1v) is 15.4. The number of ether oxygens (including phenoxy) is 1. The van der Waals surface area contributed by atoms with E-state index >= 15 is 0 Å². The number of nitrogens with zero attached hydrogens (tertiary/aromatic N) is 4. The second kappa shape index (κ2) is 13.3. The average Bonchev–Trinajstić information content (AvgIpc) is 3.48. The number of carbonyl (C=O) groups excluding carboxylic acids is 2. The number of carbonyl (C=O) groups is 2. The highest BCUT2D eigenvalue weighted by Crippen LogP contribution is 2.32. The monoisotopic (exact) mass is 551 g/mol. The van der Waals surface area contributed by atoms with Crippen LogP contribution in [0.4, 0.5) is 10.5 Å². The second-order valence-electron chi connectivity index (χ2n) is 10.6. The van der Waals surface area contributed by atoms with Crippen LogP contribution < -0.4 is 15.0 Å². The van der Waals surface area contributed by atoms with Crippen molar-refractivity contribution in [3.05, 3.63) is 52.0 Å². The molecule has 1 aromatic carbocycles. The predicted molar refractivity (Wildman–Crippen MR) is 156 cm³/mol. The van der Waals surface area contributed by atoms with E-state index in [0.29, 0.717) is 31.3 Å². The fraction of sp³-hybridized carbons (Fsp3) is 0.567. The van der Waals surface area contributed by atoms with Gasteiger partial charge in [-0.3, -0.25) is 4.79 Å². The smallest absolute Gasteiger partial charge is 0.317 e. The van der Waals surface area contributed by atoms with Crippen LogP contribution in [0.25, 0.3) is 0 Å². The fourth-order valence-corrected chi connectivity index (χ4v) is 6.75. The van der Waals surface area contributed by atoms with E-state index < -0.39 is 0 Å². The SMILES string of the molecule is CCOc1ccccc1N1CCN(C(=O)c2csc(C3CCN(C(=O)NCCC4=CCCCC4)CC3)n2)CC1. The summed E-state index contributed by atoms with van der Waals surface area (Å²) < 4.78 is 5.80. The molecule has 39 heavy (non-hydrogen) atoms. The zero-order valence-electron chi connectivity index (χ0n) is 23.1. The van der Waals surface area contributed by atoms with E-state index in [9.17, 15) is 9.59 Å². The normalized spacial score (nSPS) is 18.6. The van der Waals surface area contributed by atoms with Crippen LogP contribution in [0.5, 0.6) is 5.75 Å². The van der Waals surface area contributed by atoms with Crippen molar-refractivity contribution < 1.29 is 14.3 Å². The summed E-state index contributed by atoms with van der Waals surface area (Å²) >= 11 is 1.58. The average molecular weight is 552 g/mol. The number of rotatable bonds is 8. The highest BCUT2D eigenvalue weighted by Gasteiger charge is 2.29. The molecule has 1 aliphatic carbocycles. The van der Waals surface area contributed by atoms with Crippen LogP contribution in [-0.2, 0) is 0 Å². The molecule has 8 nitrogen and oxygen atoms in total. The van der Waals surface area contributed by atoms with Gasteiger partial charge in [-0.05, 0) is 64.0 Å². The molecule has 3 aliphatic rings. The van der Waals surface area contributed by atoms with Gasteiger partial charge >= 0.3 is 6.03 Å². The molecule has 0 saturated carbocycles. The Morgan fingerprint density at radius 1 is 1.05 bits per heavy atom. The number of allylic oxidation sites excluding steroid dienone is 1. The quantitative estimate of drug-likeness (QED) is 0.452. The van der Waals surface area contributed by atoms with Gasteiger partial charge in [0.2, 0.25) is 0 Å². The molecular formula is C30H41N5O3S. The maximum absolute atomic E-state index is 13.2. The van der Waals surface area contributed by atoms with E-state index in [0.717, 1.165) is 68.4 Å². The molecular weight excluding hydrogens is 510 g/mol. The Hall–Kier alpha value is -3.07. The lowest BCUT2D eigenvalue weighted by atomic mass is 9.97. The molecule has 1 aromatic heterocycles. The minimum Gasteiger partial charge on any atom is -0.492 e. The van der Waals surface area contributed by atoms with Crippen LogP contribution >= 0.6 is 11.3 Å². The minimum absolute atomic E-state index is 0.0140. The number of aromatic nitrogens is 1. The van der Waals surface area contributed by atoms with Gasteiger partial charge < -0.3 is 24.8 Å². The van der Waals surface area contributed by atoms with Crippen molar-refractivity contribution in [2.75, 3.05) is 57.3 Å². The first-order valence-electron chi connectivity index (χ1n) is 14.5. The Balaban J connectivity index is 1.07. The molecule has 2 aliphatic heterocycles. The van der Waals surface area contributed by atoms with Gasteiger partial charge in [0.25, 0.3) is 5.91 Å². The van der Waals surface area contributed by atoms with Crippen molar-refractivity contribution in [2.24, 2.45) is 0 Å². The Labute approximate surface area is 236 Å². The number of benzene rings is 1. The predicted octanol–water partition coefficient (Wildman–Crippen LogP) is 5.28. The first kappa shape index (κ1) is 27.5. The summed E-state index contributed by atoms with van der Waals surface area (Å²) in [7, 11) is 0. The standard InChI is InChI=1S/C30H41N5O3S/c1-2-38-27-11-7-6-10-26(27)33-18-20-34(21-19-33)29(36)25-22-39-28(32-25)24-13-16-35(17-14-24)30(37)31-15-12-23-8-4-3-5-9-23/h6-8,10-11,22,24H,2-5,9,12-21H2,1H3,(H,31,37). The fourth-order valence-electron chi connectivity index (χ4n) is 5.78. The molecule has 3 heterocycles. The Kier molecular flexibility index (Phi) is 9.40. The van der Waals surface area contributed by atoms with Gasteiger partial charge in [0.1, 0.15) is 11.4 Å². The number of nitrogens with one attached hydrogen (secondary N) is 1. The maximum Gasteiger partial charge on any atom is 0.317 e. The second-order valence-corrected chi connectivity index (χ2v) is 11.5. The lowest BCUT2D eigenvalue weighted by Gasteiger charge is -2.36. The number of amides is 3. The van der Waals surface area contributed by atoms with Crippen molar-refractivity contribution in [1.29, 1.82) is 0 Å². The molecule has 5 rings (SSSR count). The summed E-state index contributed by atoms with van der Waals surface area (Å²) in [6.07, 6.45) is 10.0. The van der Waals surface area contributed by atoms with Crippen molar-refractivity contribution in [3.63, 3.8) is 0 Å². The molecule has 9 heteroatoms. The summed E-state index contributed by atoms with van der Waals surface area (Å²) in [5, 5.41) is 6.04. The van der Waals surface area contributed by atoms with E-state index in [1.54, 1.807) is 11.3 Å². The molecule has 0 atom stereocenters. The van der Waals surface area contributed by atoms with E-state index in [4.69, 9.17) is 9.72 Å². The molecule has 0 bridgehead atoms. The molecule has 0 spiro atoms. The number of piperazine rings is 1. The summed E-state index contributed by atoms with van der Waals surface area (Å²) in [6.45, 7) is 7.67. The molecule has 0 radical (unpaired) electrons. The third-order valence-electron chi connectivity index (χ3n) is 8.05. The highest BCUT2D eigenvalue weighted by atomic mass is 32.1. The lowest BCUT2D eigenvalue weighted by Crippen LogP contribution is -2.49. The van der Waals surface area contributed by atoms with Gasteiger partial charge in [0, 0.05) is 57.1 Å². The first-order chi connectivity index (χ1) is 19.1. The van der Waals surface area contributed by atoms with Crippen LogP contribution in [0.1, 0.15) is 73.3 Å². The molecule has 210 valence electrons. The highest BCUT2D eigenvalue weighted by molar-refractivity contribution is 7.09. The molecule has 1 N–H and O–H groups in total. The molecule has 2 fully saturated rings. The lowest BCUT2D eigenvalue weighted by molar-refractivity contribution is 0.0741. The van der Waals surface area contributed by atoms with Crippen LogP contribution in [0.15, 0.2) is 41.3 Å². The number of anilines is 1.